The first-order chi connectivity index (χ1) is 6.20. The van der Waals surface area contributed by atoms with E-state index >= 15 is 0 Å². The molecule has 0 bridgehead atoms. The van der Waals surface area contributed by atoms with Gasteiger partial charge in [-0.25, -0.2) is 0 Å². The molecule has 2 nitrogen and oxygen atoms in total. The Bertz CT molecular complexity index is 161. The Morgan fingerprint density at radius 3 is 1.54 bits per heavy atom. The lowest BCUT2D eigenvalue weighted by molar-refractivity contribution is 0.921. The summed E-state index contributed by atoms with van der Waals surface area (Å²) >= 11 is 0. The van der Waals surface area contributed by atoms with Crippen molar-refractivity contribution in [3.05, 3.63) is 0 Å². The van der Waals surface area contributed by atoms with E-state index in [0.717, 1.165) is 32.4 Å². The highest BCUT2D eigenvalue weighted by Gasteiger charge is 1.94. The third-order valence-electron chi connectivity index (χ3n) is 1.72. The molecule has 76 valence electrons. The smallest absolute Gasteiger partial charge is 0.0386 e. The summed E-state index contributed by atoms with van der Waals surface area (Å²) in [7, 11) is 0. The van der Waals surface area contributed by atoms with Crippen LogP contribution in [0.15, 0.2) is 9.98 Å². The second-order valence-corrected chi connectivity index (χ2v) is 3.41. The standard InChI is InChI=1S/C11H22N2/c1-5-7-12-10(3)9-11(4)13-8-6-2/h5-9H2,1-4H3/b12-10+,13-11+. The average molecular weight is 182 g/mol. The van der Waals surface area contributed by atoms with Gasteiger partial charge in [0.1, 0.15) is 0 Å². The molecule has 13 heavy (non-hydrogen) atoms. The molecule has 0 saturated carbocycles. The Kier molecular flexibility index (Phi) is 7.56. The molecule has 0 amide bonds. The third-order valence-corrected chi connectivity index (χ3v) is 1.72. The van der Waals surface area contributed by atoms with Crippen molar-refractivity contribution >= 4 is 11.4 Å². The molecular weight excluding hydrogens is 160 g/mol. The molecule has 0 aromatic heterocycles. The van der Waals surface area contributed by atoms with Gasteiger partial charge in [-0.1, -0.05) is 13.8 Å². The molecule has 0 radical (unpaired) electrons. The van der Waals surface area contributed by atoms with E-state index in [1.165, 1.54) is 11.4 Å². The second kappa shape index (κ2) is 7.96. The van der Waals surface area contributed by atoms with Crippen LogP contribution in [0.5, 0.6) is 0 Å². The fraction of sp³-hybridized carbons (Fsp3) is 0.818. The highest BCUT2D eigenvalue weighted by molar-refractivity contribution is 6.02. The normalized spacial score (nSPS) is 13.5. The van der Waals surface area contributed by atoms with E-state index in [1.807, 2.05) is 0 Å². The molecular formula is C11H22N2. The van der Waals surface area contributed by atoms with Crippen molar-refractivity contribution in [1.82, 2.24) is 0 Å². The fourth-order valence-electron chi connectivity index (χ4n) is 1.09. The number of rotatable bonds is 6. The summed E-state index contributed by atoms with van der Waals surface area (Å²) in [5.41, 5.74) is 2.42. The minimum atomic E-state index is 0.944. The molecule has 0 heterocycles. The first-order valence-corrected chi connectivity index (χ1v) is 5.20. The van der Waals surface area contributed by atoms with Gasteiger partial charge in [-0.2, -0.15) is 0 Å². The minimum absolute atomic E-state index is 0.944. The van der Waals surface area contributed by atoms with Crippen LogP contribution in [-0.4, -0.2) is 24.5 Å². The predicted octanol–water partition coefficient (Wildman–Crippen LogP) is 3.12. The quantitative estimate of drug-likeness (QED) is 0.564. The summed E-state index contributed by atoms with van der Waals surface area (Å²) in [6, 6.07) is 0. The van der Waals surface area contributed by atoms with Gasteiger partial charge in [0, 0.05) is 30.9 Å². The molecule has 0 fully saturated rings. The zero-order valence-electron chi connectivity index (χ0n) is 9.43. The van der Waals surface area contributed by atoms with E-state index < -0.39 is 0 Å². The number of hydrogen-bond donors (Lipinski definition) is 0. The minimum Gasteiger partial charge on any atom is -0.294 e. The van der Waals surface area contributed by atoms with E-state index in [9.17, 15) is 0 Å². The molecule has 0 aliphatic heterocycles. The Labute approximate surface area is 82.2 Å². The molecule has 0 aliphatic carbocycles. The van der Waals surface area contributed by atoms with E-state index in [2.05, 4.69) is 37.7 Å². The van der Waals surface area contributed by atoms with Gasteiger partial charge in [-0.15, -0.1) is 0 Å². The Hall–Kier alpha value is -0.660. The summed E-state index contributed by atoms with van der Waals surface area (Å²) in [6.07, 6.45) is 3.20. The van der Waals surface area contributed by atoms with Crippen LogP contribution in [0.4, 0.5) is 0 Å². The SMILES string of the molecule is CCC/N=C(\C)C/C(C)=N/CCC. The van der Waals surface area contributed by atoms with Crippen LogP contribution in [0.25, 0.3) is 0 Å². The molecule has 0 atom stereocenters. The van der Waals surface area contributed by atoms with Crippen LogP contribution in [-0.2, 0) is 0 Å². The van der Waals surface area contributed by atoms with Crippen LogP contribution < -0.4 is 0 Å². The summed E-state index contributed by atoms with van der Waals surface area (Å²) in [6.45, 7) is 10.4. The molecule has 0 aromatic rings. The molecule has 0 spiro atoms. The van der Waals surface area contributed by atoms with Crippen molar-refractivity contribution in [3.8, 4) is 0 Å². The second-order valence-electron chi connectivity index (χ2n) is 3.41. The Morgan fingerprint density at radius 2 is 1.23 bits per heavy atom. The maximum atomic E-state index is 4.43. The van der Waals surface area contributed by atoms with Crippen molar-refractivity contribution in [2.45, 2.75) is 47.0 Å². The molecule has 0 N–H and O–H groups in total. The van der Waals surface area contributed by atoms with E-state index in [1.54, 1.807) is 0 Å². The first-order valence-electron chi connectivity index (χ1n) is 5.20. The van der Waals surface area contributed by atoms with Gasteiger partial charge >= 0.3 is 0 Å². The Morgan fingerprint density at radius 1 is 0.846 bits per heavy atom. The number of hydrogen-bond acceptors (Lipinski definition) is 2. The highest BCUT2D eigenvalue weighted by atomic mass is 14.8. The van der Waals surface area contributed by atoms with Crippen LogP contribution in [0.3, 0.4) is 0 Å². The van der Waals surface area contributed by atoms with Crippen LogP contribution >= 0.6 is 0 Å². The number of nitrogens with zero attached hydrogens (tertiary/aromatic N) is 2. The van der Waals surface area contributed by atoms with Crippen LogP contribution in [0.1, 0.15) is 47.0 Å². The zero-order chi connectivity index (χ0) is 10.1. The van der Waals surface area contributed by atoms with Crippen molar-refractivity contribution in [1.29, 1.82) is 0 Å². The van der Waals surface area contributed by atoms with Crippen LogP contribution in [0, 0.1) is 0 Å². The van der Waals surface area contributed by atoms with Gasteiger partial charge in [0.2, 0.25) is 0 Å². The lowest BCUT2D eigenvalue weighted by atomic mass is 10.2. The maximum Gasteiger partial charge on any atom is 0.0386 e. The monoisotopic (exact) mass is 182 g/mol. The van der Waals surface area contributed by atoms with Gasteiger partial charge in [-0.05, 0) is 26.7 Å². The fourth-order valence-corrected chi connectivity index (χ4v) is 1.09. The van der Waals surface area contributed by atoms with Crippen LogP contribution in [0.2, 0.25) is 0 Å². The number of aliphatic imine (C=N–C) groups is 2. The highest BCUT2D eigenvalue weighted by Crippen LogP contribution is 1.93. The largest absolute Gasteiger partial charge is 0.294 e. The average Bonchev–Trinajstić information content (AvgIpc) is 2.11. The molecule has 0 saturated heterocycles. The molecule has 0 aromatic carbocycles. The van der Waals surface area contributed by atoms with Gasteiger partial charge in [0.25, 0.3) is 0 Å². The first kappa shape index (κ1) is 12.3. The molecule has 0 rings (SSSR count). The Balaban J connectivity index is 3.82. The topological polar surface area (TPSA) is 24.7 Å². The lowest BCUT2D eigenvalue weighted by Crippen LogP contribution is -2.02. The van der Waals surface area contributed by atoms with Gasteiger partial charge in [0.05, 0.1) is 0 Å². The zero-order valence-corrected chi connectivity index (χ0v) is 9.43. The van der Waals surface area contributed by atoms with E-state index in [0.29, 0.717) is 0 Å². The molecule has 2 heteroatoms. The summed E-state index contributed by atoms with van der Waals surface area (Å²) in [4.78, 5) is 8.85. The van der Waals surface area contributed by atoms with Crippen molar-refractivity contribution < 1.29 is 0 Å². The molecule has 0 aliphatic rings. The van der Waals surface area contributed by atoms with Crippen molar-refractivity contribution in [2.75, 3.05) is 13.1 Å². The van der Waals surface area contributed by atoms with E-state index in [4.69, 9.17) is 0 Å². The summed E-state index contributed by atoms with van der Waals surface area (Å²) in [5.74, 6) is 0. The van der Waals surface area contributed by atoms with Gasteiger partial charge < -0.3 is 0 Å². The summed E-state index contributed by atoms with van der Waals surface area (Å²) in [5, 5.41) is 0. The lowest BCUT2D eigenvalue weighted by Gasteiger charge is -2.00. The van der Waals surface area contributed by atoms with Gasteiger partial charge in [-0.3, -0.25) is 9.98 Å². The summed E-state index contributed by atoms with van der Waals surface area (Å²) < 4.78 is 0. The van der Waals surface area contributed by atoms with E-state index in [-0.39, 0.29) is 0 Å². The predicted molar refractivity (Wildman–Crippen MR) is 61.2 cm³/mol. The maximum absolute atomic E-state index is 4.43. The van der Waals surface area contributed by atoms with Gasteiger partial charge in [0.15, 0.2) is 0 Å². The third kappa shape index (κ3) is 7.69. The molecule has 0 unspecified atom stereocenters. The van der Waals surface area contributed by atoms with Crippen molar-refractivity contribution in [3.63, 3.8) is 0 Å². The van der Waals surface area contributed by atoms with Crippen molar-refractivity contribution in [2.24, 2.45) is 9.98 Å².